The lowest BCUT2D eigenvalue weighted by Crippen LogP contribution is -2.51. The van der Waals surface area contributed by atoms with E-state index in [0.717, 1.165) is 0 Å². The zero-order chi connectivity index (χ0) is 18.3. The third-order valence-electron chi connectivity index (χ3n) is 5.16. The number of benzene rings is 2. The number of carbonyl (C=O) groups is 2. The fraction of sp³-hybridized carbons (Fsp3) is 0.300. The summed E-state index contributed by atoms with van der Waals surface area (Å²) in [5.74, 6) is -1.60. The Morgan fingerprint density at radius 1 is 0.923 bits per heavy atom. The monoisotopic (exact) mass is 356 g/mol. The average Bonchev–Trinajstić information content (AvgIpc) is 2.97. The molecule has 2 aromatic rings. The molecule has 0 spiro atoms. The van der Waals surface area contributed by atoms with Crippen LogP contribution in [-0.2, 0) is 9.59 Å². The molecule has 2 saturated heterocycles. The first-order valence-corrected chi connectivity index (χ1v) is 8.62. The molecule has 4 nitrogen and oxygen atoms in total. The van der Waals surface area contributed by atoms with Crippen molar-refractivity contribution >= 4 is 17.5 Å². The summed E-state index contributed by atoms with van der Waals surface area (Å²) in [4.78, 5) is 27.9. The van der Waals surface area contributed by atoms with Gasteiger partial charge in [-0.15, -0.1) is 0 Å². The number of nitrogens with zero attached hydrogens (tertiary/aromatic N) is 2. The second kappa shape index (κ2) is 6.52. The van der Waals surface area contributed by atoms with Crippen molar-refractivity contribution in [2.75, 3.05) is 24.5 Å². The first-order chi connectivity index (χ1) is 12.5. The predicted octanol–water partition coefficient (Wildman–Crippen LogP) is 2.94. The zero-order valence-electron chi connectivity index (χ0n) is 14.1. The van der Waals surface area contributed by atoms with Gasteiger partial charge in [0.05, 0.1) is 11.6 Å². The van der Waals surface area contributed by atoms with E-state index in [2.05, 4.69) is 0 Å². The molecule has 0 bridgehead atoms. The molecule has 2 aliphatic heterocycles. The molecule has 2 aliphatic rings. The number of para-hydroxylation sites is 1. The van der Waals surface area contributed by atoms with Gasteiger partial charge in [-0.2, -0.15) is 0 Å². The van der Waals surface area contributed by atoms with Crippen LogP contribution in [0, 0.1) is 17.6 Å². The first-order valence-electron chi connectivity index (χ1n) is 8.62. The smallest absolute Gasteiger partial charge is 0.228 e. The topological polar surface area (TPSA) is 40.6 Å². The zero-order valence-corrected chi connectivity index (χ0v) is 14.1. The molecule has 26 heavy (non-hydrogen) atoms. The minimum absolute atomic E-state index is 0.0140. The summed E-state index contributed by atoms with van der Waals surface area (Å²) in [6, 6.07) is 12.6. The molecule has 134 valence electrons. The maximum absolute atomic E-state index is 13.9. The molecule has 4 rings (SSSR count). The fourth-order valence-electron chi connectivity index (χ4n) is 3.70. The van der Waals surface area contributed by atoms with E-state index in [0.29, 0.717) is 18.7 Å². The normalized spacial score (nSPS) is 20.4. The van der Waals surface area contributed by atoms with E-state index in [-0.39, 0.29) is 42.2 Å². The molecule has 2 amide bonds. The lowest BCUT2D eigenvalue weighted by atomic mass is 9.89. The van der Waals surface area contributed by atoms with Crippen molar-refractivity contribution in [3.05, 3.63) is 65.7 Å². The van der Waals surface area contributed by atoms with Crippen LogP contribution in [0.25, 0.3) is 0 Å². The number of halogens is 2. The lowest BCUT2D eigenvalue weighted by molar-refractivity contribution is -0.140. The highest BCUT2D eigenvalue weighted by Gasteiger charge is 2.42. The number of rotatable bonds is 3. The van der Waals surface area contributed by atoms with E-state index < -0.39 is 11.7 Å². The Bertz CT molecular complexity index is 864. The number of carbonyl (C=O) groups excluding carboxylic acids is 2. The average molecular weight is 356 g/mol. The van der Waals surface area contributed by atoms with Gasteiger partial charge < -0.3 is 9.80 Å². The van der Waals surface area contributed by atoms with E-state index in [4.69, 9.17) is 0 Å². The van der Waals surface area contributed by atoms with Crippen molar-refractivity contribution in [2.24, 2.45) is 5.92 Å². The molecule has 1 atom stereocenters. The SMILES string of the molecule is O=C(C1CC(=O)N(c2ccccc2F)C1)N1CC(c2ccccc2F)C1. The highest BCUT2D eigenvalue weighted by Crippen LogP contribution is 2.33. The van der Waals surface area contributed by atoms with Crippen LogP contribution in [0.3, 0.4) is 0 Å². The van der Waals surface area contributed by atoms with Crippen molar-refractivity contribution < 1.29 is 18.4 Å². The third-order valence-corrected chi connectivity index (χ3v) is 5.16. The van der Waals surface area contributed by atoms with Crippen molar-refractivity contribution in [1.82, 2.24) is 4.90 Å². The molecule has 0 aliphatic carbocycles. The summed E-state index contributed by atoms with van der Waals surface area (Å²) < 4.78 is 27.8. The van der Waals surface area contributed by atoms with Gasteiger partial charge in [-0.1, -0.05) is 30.3 Å². The van der Waals surface area contributed by atoms with Gasteiger partial charge in [-0.05, 0) is 23.8 Å². The van der Waals surface area contributed by atoms with Crippen LogP contribution in [0.1, 0.15) is 17.9 Å². The number of hydrogen-bond acceptors (Lipinski definition) is 2. The molecule has 1 unspecified atom stereocenters. The van der Waals surface area contributed by atoms with Crippen LogP contribution in [0.2, 0.25) is 0 Å². The Morgan fingerprint density at radius 3 is 2.27 bits per heavy atom. The molecule has 0 aromatic heterocycles. The number of hydrogen-bond donors (Lipinski definition) is 0. The van der Waals surface area contributed by atoms with Crippen LogP contribution in [0.5, 0.6) is 0 Å². The molecule has 0 radical (unpaired) electrons. The van der Waals surface area contributed by atoms with Gasteiger partial charge >= 0.3 is 0 Å². The van der Waals surface area contributed by atoms with E-state index in [1.807, 2.05) is 0 Å². The largest absolute Gasteiger partial charge is 0.341 e. The molecule has 2 aromatic carbocycles. The van der Waals surface area contributed by atoms with E-state index >= 15 is 0 Å². The van der Waals surface area contributed by atoms with Gasteiger partial charge in [0.2, 0.25) is 11.8 Å². The van der Waals surface area contributed by atoms with Gasteiger partial charge in [0.1, 0.15) is 11.6 Å². The van der Waals surface area contributed by atoms with Crippen molar-refractivity contribution in [2.45, 2.75) is 12.3 Å². The quantitative estimate of drug-likeness (QED) is 0.848. The molecule has 2 fully saturated rings. The highest BCUT2D eigenvalue weighted by molar-refractivity contribution is 6.00. The second-order valence-electron chi connectivity index (χ2n) is 6.82. The molecule has 0 saturated carbocycles. The predicted molar refractivity (Wildman–Crippen MR) is 92.6 cm³/mol. The maximum Gasteiger partial charge on any atom is 0.228 e. The Morgan fingerprint density at radius 2 is 1.58 bits per heavy atom. The van der Waals surface area contributed by atoms with Crippen molar-refractivity contribution in [3.63, 3.8) is 0 Å². The van der Waals surface area contributed by atoms with Crippen molar-refractivity contribution in [3.8, 4) is 0 Å². The van der Waals surface area contributed by atoms with Gasteiger partial charge in [0.25, 0.3) is 0 Å². The van der Waals surface area contributed by atoms with Crippen LogP contribution in [0.15, 0.2) is 48.5 Å². The molecule has 6 heteroatoms. The summed E-state index contributed by atoms with van der Waals surface area (Å²) in [6.07, 6.45) is 0.0774. The third kappa shape index (κ3) is 2.85. The molecule has 0 N–H and O–H groups in total. The van der Waals surface area contributed by atoms with Crippen molar-refractivity contribution in [1.29, 1.82) is 0 Å². The second-order valence-corrected chi connectivity index (χ2v) is 6.82. The van der Waals surface area contributed by atoms with Gasteiger partial charge in [0.15, 0.2) is 0 Å². The minimum Gasteiger partial charge on any atom is -0.341 e. The highest BCUT2D eigenvalue weighted by atomic mass is 19.1. The summed E-state index contributed by atoms with van der Waals surface area (Å²) >= 11 is 0. The van der Waals surface area contributed by atoms with Crippen LogP contribution < -0.4 is 4.90 Å². The summed E-state index contributed by atoms with van der Waals surface area (Å²) in [5, 5.41) is 0. The molecule has 2 heterocycles. The summed E-state index contributed by atoms with van der Waals surface area (Å²) in [6.45, 7) is 1.08. The van der Waals surface area contributed by atoms with Crippen LogP contribution >= 0.6 is 0 Å². The Balaban J connectivity index is 1.41. The molecular weight excluding hydrogens is 338 g/mol. The summed E-state index contributed by atoms with van der Waals surface area (Å²) in [7, 11) is 0. The van der Waals surface area contributed by atoms with E-state index in [1.54, 1.807) is 35.2 Å². The lowest BCUT2D eigenvalue weighted by Gasteiger charge is -2.41. The summed E-state index contributed by atoms with van der Waals surface area (Å²) in [5.41, 5.74) is 0.827. The van der Waals surface area contributed by atoms with E-state index in [9.17, 15) is 18.4 Å². The molecular formula is C20H18F2N2O2. The van der Waals surface area contributed by atoms with Crippen LogP contribution in [-0.4, -0.2) is 36.3 Å². The number of likely N-dealkylation sites (tertiary alicyclic amines) is 1. The Labute approximate surface area is 150 Å². The number of anilines is 1. The Kier molecular flexibility index (Phi) is 4.18. The van der Waals surface area contributed by atoms with E-state index in [1.165, 1.54) is 23.1 Å². The van der Waals surface area contributed by atoms with Gasteiger partial charge in [0, 0.05) is 32.0 Å². The Hall–Kier alpha value is -2.76. The standard InChI is InChI=1S/C20H18F2N2O2/c21-16-6-2-1-5-15(16)14-10-23(11-14)20(26)13-9-19(25)24(12-13)18-8-4-3-7-17(18)22/h1-8,13-14H,9-12H2. The van der Waals surface area contributed by atoms with Crippen LogP contribution in [0.4, 0.5) is 14.5 Å². The maximum atomic E-state index is 13.9. The van der Waals surface area contributed by atoms with Gasteiger partial charge in [-0.25, -0.2) is 8.78 Å². The fourth-order valence-corrected chi connectivity index (χ4v) is 3.70. The number of amides is 2. The minimum atomic E-state index is -0.483. The van der Waals surface area contributed by atoms with Gasteiger partial charge in [-0.3, -0.25) is 9.59 Å². The first kappa shape index (κ1) is 16.7.